The minimum Gasteiger partial charge on any atom is -0.495 e. The molecule has 1 saturated heterocycles. The molecule has 11 heteroatoms. The van der Waals surface area contributed by atoms with Gasteiger partial charge in [0.1, 0.15) is 22.8 Å². The normalized spacial score (nSPS) is 17.7. The molecule has 51 heavy (non-hydrogen) atoms. The number of carbonyl (C=O) groups excluding carboxylic acids is 3. The van der Waals surface area contributed by atoms with E-state index in [9.17, 15) is 14.4 Å². The van der Waals surface area contributed by atoms with E-state index in [1.54, 1.807) is 46.1 Å². The molecule has 2 aliphatic heterocycles. The first-order valence-corrected chi connectivity index (χ1v) is 17.9. The van der Waals surface area contributed by atoms with Gasteiger partial charge in [-0.3, -0.25) is 14.6 Å². The smallest absolute Gasteiger partial charge is 0.410 e. The minimum absolute atomic E-state index is 0.136. The van der Waals surface area contributed by atoms with Gasteiger partial charge < -0.3 is 34.1 Å². The van der Waals surface area contributed by atoms with Gasteiger partial charge in [-0.2, -0.15) is 0 Å². The second-order valence-electron chi connectivity index (χ2n) is 14.4. The van der Waals surface area contributed by atoms with Gasteiger partial charge in [0.15, 0.2) is 0 Å². The largest absolute Gasteiger partial charge is 0.495 e. The summed E-state index contributed by atoms with van der Waals surface area (Å²) in [5.41, 5.74) is 1.44. The van der Waals surface area contributed by atoms with Crippen LogP contribution in [0.5, 0.6) is 17.2 Å². The number of ether oxygens (including phenoxy) is 4. The van der Waals surface area contributed by atoms with Gasteiger partial charge >= 0.3 is 6.09 Å². The third kappa shape index (κ3) is 9.00. The lowest BCUT2D eigenvalue weighted by Gasteiger charge is -2.42. The van der Waals surface area contributed by atoms with Gasteiger partial charge in [0.2, 0.25) is 11.8 Å². The van der Waals surface area contributed by atoms with Gasteiger partial charge in [-0.05, 0) is 77.6 Å². The van der Waals surface area contributed by atoms with E-state index < -0.39 is 28.9 Å². The number of rotatable bonds is 13. The Morgan fingerprint density at radius 3 is 2.22 bits per heavy atom. The molecule has 0 bridgehead atoms. The van der Waals surface area contributed by atoms with Crippen LogP contribution in [0.3, 0.4) is 0 Å². The number of likely N-dealkylation sites (tertiary alicyclic amines) is 1. The standard InChI is InChI=1S/C40H52N4O7/c1-7-43(26-30-18-19-31(49-6)23-41-30)37(46)29-22-28(24-44(25-29)38(47)51-39(2,3)4)36(45)42-27-40(20-12-13-21-48-5)32-14-8-10-16-34(32)50-35-17-11-9-15-33(35)40/h8-11,14-19,23,28-29H,7,12-13,20-22,24-27H2,1-6H3,(H,42,45). The van der Waals surface area contributed by atoms with E-state index in [-0.39, 0.29) is 24.9 Å². The van der Waals surface area contributed by atoms with Crippen molar-refractivity contribution in [3.05, 3.63) is 83.7 Å². The predicted molar refractivity (Wildman–Crippen MR) is 194 cm³/mol. The molecule has 1 aromatic heterocycles. The third-order valence-corrected chi connectivity index (χ3v) is 9.69. The summed E-state index contributed by atoms with van der Waals surface area (Å²) in [4.78, 5) is 49.6. The highest BCUT2D eigenvalue weighted by molar-refractivity contribution is 5.84. The summed E-state index contributed by atoms with van der Waals surface area (Å²) >= 11 is 0. The fourth-order valence-electron chi connectivity index (χ4n) is 7.14. The monoisotopic (exact) mass is 700 g/mol. The third-order valence-electron chi connectivity index (χ3n) is 9.69. The molecule has 2 unspecified atom stereocenters. The fraction of sp³-hybridized carbons (Fsp3) is 0.500. The Morgan fingerprint density at radius 2 is 1.63 bits per heavy atom. The average molecular weight is 701 g/mol. The van der Waals surface area contributed by atoms with Crippen LogP contribution in [0.15, 0.2) is 66.9 Å². The summed E-state index contributed by atoms with van der Waals surface area (Å²) in [6.07, 6.45) is 3.88. The molecule has 11 nitrogen and oxygen atoms in total. The van der Waals surface area contributed by atoms with E-state index >= 15 is 0 Å². The van der Waals surface area contributed by atoms with Gasteiger partial charge in [-0.15, -0.1) is 0 Å². The highest BCUT2D eigenvalue weighted by Gasteiger charge is 2.44. The summed E-state index contributed by atoms with van der Waals surface area (Å²) in [5, 5.41) is 3.30. The number of benzene rings is 2. The molecule has 274 valence electrons. The van der Waals surface area contributed by atoms with E-state index in [1.165, 1.54) is 4.90 Å². The summed E-state index contributed by atoms with van der Waals surface area (Å²) in [5.74, 6) is 0.584. The number of unbranched alkanes of at least 4 members (excludes halogenated alkanes) is 1. The molecule has 3 aromatic rings. The average Bonchev–Trinajstić information content (AvgIpc) is 3.13. The van der Waals surface area contributed by atoms with Crippen molar-refractivity contribution in [2.45, 2.75) is 70.9 Å². The molecule has 3 amide bonds. The number of hydrogen-bond donors (Lipinski definition) is 1. The number of amides is 3. The van der Waals surface area contributed by atoms with Crippen LogP contribution in [0.1, 0.15) is 70.2 Å². The van der Waals surface area contributed by atoms with E-state index in [1.807, 2.05) is 55.5 Å². The second-order valence-corrected chi connectivity index (χ2v) is 14.4. The fourth-order valence-corrected chi connectivity index (χ4v) is 7.14. The molecule has 0 radical (unpaired) electrons. The van der Waals surface area contributed by atoms with Gasteiger partial charge in [-0.1, -0.05) is 36.4 Å². The van der Waals surface area contributed by atoms with Crippen molar-refractivity contribution in [3.8, 4) is 17.2 Å². The molecule has 0 saturated carbocycles. The Balaban J connectivity index is 1.40. The van der Waals surface area contributed by atoms with Crippen molar-refractivity contribution in [1.82, 2.24) is 20.1 Å². The van der Waals surface area contributed by atoms with Crippen molar-refractivity contribution in [1.29, 1.82) is 0 Å². The van der Waals surface area contributed by atoms with Crippen LogP contribution in [0.25, 0.3) is 0 Å². The lowest BCUT2D eigenvalue weighted by Crippen LogP contribution is -2.54. The van der Waals surface area contributed by atoms with Gasteiger partial charge in [-0.25, -0.2) is 4.79 Å². The zero-order chi connectivity index (χ0) is 36.6. The highest BCUT2D eigenvalue weighted by Crippen LogP contribution is 2.50. The van der Waals surface area contributed by atoms with Crippen molar-refractivity contribution < 1.29 is 33.3 Å². The number of piperidine rings is 1. The number of hydrogen-bond acceptors (Lipinski definition) is 8. The van der Waals surface area contributed by atoms with Crippen molar-refractivity contribution >= 4 is 17.9 Å². The SMILES string of the molecule is CCN(Cc1ccc(OC)cn1)C(=O)C1CC(C(=O)NCC2(CCCCOC)c3ccccc3Oc3ccccc32)CN(C(=O)OC(C)(C)C)C1. The number of pyridine rings is 1. The van der Waals surface area contributed by atoms with E-state index in [2.05, 4.69) is 22.4 Å². The Labute approximate surface area is 301 Å². The zero-order valence-corrected chi connectivity index (χ0v) is 30.8. The van der Waals surface area contributed by atoms with Gasteiger partial charge in [0, 0.05) is 56.4 Å². The van der Waals surface area contributed by atoms with E-state index in [4.69, 9.17) is 18.9 Å². The van der Waals surface area contributed by atoms with E-state index in [0.717, 1.165) is 41.9 Å². The number of aromatic nitrogens is 1. The molecule has 2 atom stereocenters. The quantitative estimate of drug-likeness (QED) is 0.205. The maximum absolute atomic E-state index is 14.3. The summed E-state index contributed by atoms with van der Waals surface area (Å²) in [7, 11) is 3.28. The first-order chi connectivity index (χ1) is 24.5. The highest BCUT2D eigenvalue weighted by atomic mass is 16.6. The second kappa shape index (κ2) is 16.6. The Morgan fingerprint density at radius 1 is 0.961 bits per heavy atom. The molecule has 2 aliphatic rings. The first kappa shape index (κ1) is 37.6. The molecule has 1 N–H and O–H groups in total. The number of nitrogens with one attached hydrogen (secondary N) is 1. The minimum atomic E-state index is -0.736. The maximum atomic E-state index is 14.3. The lowest BCUT2D eigenvalue weighted by molar-refractivity contribution is -0.140. The molecule has 5 rings (SSSR count). The first-order valence-electron chi connectivity index (χ1n) is 17.9. The Bertz CT molecular complexity index is 1610. The van der Waals surface area contributed by atoms with E-state index in [0.29, 0.717) is 44.1 Å². The van der Waals surface area contributed by atoms with Crippen molar-refractivity contribution in [2.24, 2.45) is 11.8 Å². The Hall–Kier alpha value is -4.64. The van der Waals surface area contributed by atoms with Crippen LogP contribution in [0.2, 0.25) is 0 Å². The van der Waals surface area contributed by atoms with Crippen LogP contribution in [0, 0.1) is 11.8 Å². The molecular weight excluding hydrogens is 648 g/mol. The van der Waals surface area contributed by atoms with Crippen molar-refractivity contribution in [2.75, 3.05) is 47.0 Å². The molecule has 3 heterocycles. The number of carbonyl (C=O) groups is 3. The van der Waals surface area contributed by atoms with Crippen LogP contribution < -0.4 is 14.8 Å². The topological polar surface area (TPSA) is 120 Å². The Kier molecular flexibility index (Phi) is 12.2. The number of nitrogens with zero attached hydrogens (tertiary/aromatic N) is 3. The number of para-hydroxylation sites is 2. The molecule has 0 spiro atoms. The van der Waals surface area contributed by atoms with Crippen LogP contribution in [-0.2, 0) is 31.0 Å². The zero-order valence-electron chi connectivity index (χ0n) is 30.8. The summed E-state index contributed by atoms with van der Waals surface area (Å²) < 4.78 is 22.7. The molecule has 2 aromatic carbocycles. The predicted octanol–water partition coefficient (Wildman–Crippen LogP) is 6.34. The van der Waals surface area contributed by atoms with Crippen LogP contribution in [0.4, 0.5) is 4.79 Å². The van der Waals surface area contributed by atoms with Crippen LogP contribution >= 0.6 is 0 Å². The number of methoxy groups -OCH3 is 2. The molecule has 0 aliphatic carbocycles. The molecule has 1 fully saturated rings. The summed E-state index contributed by atoms with van der Waals surface area (Å²) in [6, 6.07) is 19.6. The maximum Gasteiger partial charge on any atom is 0.410 e. The van der Waals surface area contributed by atoms with Crippen LogP contribution in [-0.4, -0.2) is 85.3 Å². The van der Waals surface area contributed by atoms with Gasteiger partial charge in [0.05, 0.1) is 37.4 Å². The van der Waals surface area contributed by atoms with Crippen molar-refractivity contribution in [3.63, 3.8) is 0 Å². The lowest BCUT2D eigenvalue weighted by atomic mass is 9.69. The number of fused-ring (bicyclic) bond motifs is 2. The van der Waals surface area contributed by atoms with Gasteiger partial charge in [0.25, 0.3) is 0 Å². The molecular formula is C40H52N4O7. The summed E-state index contributed by atoms with van der Waals surface area (Å²) in [6.45, 7) is 9.33.